The number of hydrogen-bond acceptors (Lipinski definition) is 4. The van der Waals surface area contributed by atoms with Crippen LogP contribution < -0.4 is 5.43 Å². The summed E-state index contributed by atoms with van der Waals surface area (Å²) in [6, 6.07) is 3.93. The van der Waals surface area contributed by atoms with E-state index < -0.39 is 11.7 Å². The van der Waals surface area contributed by atoms with Crippen molar-refractivity contribution in [2.24, 2.45) is 5.10 Å². The van der Waals surface area contributed by atoms with Crippen molar-refractivity contribution < 1.29 is 9.53 Å². The van der Waals surface area contributed by atoms with Gasteiger partial charge in [0.15, 0.2) is 0 Å². The van der Waals surface area contributed by atoms with Gasteiger partial charge in [-0.1, -0.05) is 13.0 Å². The summed E-state index contributed by atoms with van der Waals surface area (Å²) in [5.41, 5.74) is 2.76. The molecule has 0 unspecified atom stereocenters. The predicted octanol–water partition coefficient (Wildman–Crippen LogP) is 3.39. The van der Waals surface area contributed by atoms with Gasteiger partial charge < -0.3 is 4.74 Å². The van der Waals surface area contributed by atoms with Crippen LogP contribution in [0.3, 0.4) is 0 Å². The maximum Gasteiger partial charge on any atom is 0.428 e. The minimum absolute atomic E-state index is 0.505. The Labute approximate surface area is 106 Å². The van der Waals surface area contributed by atoms with E-state index in [1.807, 2.05) is 45.2 Å². The van der Waals surface area contributed by atoms with Crippen LogP contribution in [-0.4, -0.2) is 17.4 Å². The van der Waals surface area contributed by atoms with Crippen LogP contribution in [0.5, 0.6) is 0 Å². The van der Waals surface area contributed by atoms with Crippen molar-refractivity contribution in [2.75, 3.05) is 0 Å². The van der Waals surface area contributed by atoms with Crippen LogP contribution in [-0.2, 0) is 4.74 Å². The van der Waals surface area contributed by atoms with Gasteiger partial charge in [-0.25, -0.2) is 10.2 Å². The largest absolute Gasteiger partial charge is 0.443 e. The standard InChI is InChI=1S/C12H18N2O2S/c1-5-9(10-7-6-8-17-10)13-14-11(15)16-12(2,3)4/h6-8H,5H2,1-4H3,(H,14,15)/b13-9-. The van der Waals surface area contributed by atoms with Crippen LogP contribution in [0.1, 0.15) is 39.0 Å². The minimum atomic E-state index is -0.528. The second-order valence-electron chi connectivity index (χ2n) is 4.50. The lowest BCUT2D eigenvalue weighted by atomic mass is 10.2. The molecule has 1 aromatic rings. The third-order valence-corrected chi connectivity index (χ3v) is 2.74. The molecule has 0 saturated carbocycles. The average Bonchev–Trinajstić information content (AvgIpc) is 2.69. The van der Waals surface area contributed by atoms with E-state index in [-0.39, 0.29) is 0 Å². The van der Waals surface area contributed by atoms with Gasteiger partial charge in [-0.15, -0.1) is 11.3 Å². The minimum Gasteiger partial charge on any atom is -0.443 e. The molecule has 1 amide bonds. The van der Waals surface area contributed by atoms with Gasteiger partial charge in [-0.3, -0.25) is 0 Å². The van der Waals surface area contributed by atoms with Gasteiger partial charge in [0, 0.05) is 0 Å². The predicted molar refractivity (Wildman–Crippen MR) is 70.5 cm³/mol. The number of hydrazone groups is 1. The monoisotopic (exact) mass is 254 g/mol. The van der Waals surface area contributed by atoms with Gasteiger partial charge in [-0.2, -0.15) is 5.10 Å². The number of nitrogens with zero attached hydrogens (tertiary/aromatic N) is 1. The smallest absolute Gasteiger partial charge is 0.428 e. The highest BCUT2D eigenvalue weighted by Gasteiger charge is 2.15. The van der Waals surface area contributed by atoms with Crippen LogP contribution in [0.25, 0.3) is 0 Å². The Kier molecular flexibility index (Phi) is 4.69. The highest BCUT2D eigenvalue weighted by atomic mass is 32.1. The maximum atomic E-state index is 11.4. The summed E-state index contributed by atoms with van der Waals surface area (Å²) in [5, 5.41) is 6.05. The quantitative estimate of drug-likeness (QED) is 0.664. The maximum absolute atomic E-state index is 11.4. The summed E-state index contributed by atoms with van der Waals surface area (Å²) in [4.78, 5) is 12.5. The summed E-state index contributed by atoms with van der Waals surface area (Å²) in [6.07, 6.45) is 0.232. The van der Waals surface area contributed by atoms with Gasteiger partial charge in [0.05, 0.1) is 10.6 Å². The molecule has 1 N–H and O–H groups in total. The van der Waals surface area contributed by atoms with Crippen LogP contribution >= 0.6 is 11.3 Å². The first-order chi connectivity index (χ1) is 7.92. The van der Waals surface area contributed by atoms with Gasteiger partial charge in [-0.05, 0) is 38.6 Å². The second kappa shape index (κ2) is 5.82. The Morgan fingerprint density at radius 2 is 2.24 bits per heavy atom. The molecule has 5 heteroatoms. The Morgan fingerprint density at radius 1 is 1.53 bits per heavy atom. The number of nitrogens with one attached hydrogen (secondary N) is 1. The number of ether oxygens (including phenoxy) is 1. The van der Waals surface area contributed by atoms with Crippen molar-refractivity contribution >= 4 is 23.1 Å². The van der Waals surface area contributed by atoms with Gasteiger partial charge >= 0.3 is 6.09 Å². The molecule has 0 spiro atoms. The lowest BCUT2D eigenvalue weighted by Gasteiger charge is -2.18. The molecule has 1 rings (SSSR count). The second-order valence-corrected chi connectivity index (χ2v) is 5.45. The van der Waals surface area contributed by atoms with Gasteiger partial charge in [0.1, 0.15) is 5.60 Å². The Balaban J connectivity index is 2.60. The lowest BCUT2D eigenvalue weighted by molar-refractivity contribution is 0.0529. The zero-order chi connectivity index (χ0) is 12.9. The topological polar surface area (TPSA) is 50.7 Å². The van der Waals surface area contributed by atoms with E-state index >= 15 is 0 Å². The Hall–Kier alpha value is -1.36. The van der Waals surface area contributed by atoms with E-state index in [0.29, 0.717) is 0 Å². The fourth-order valence-electron chi connectivity index (χ4n) is 1.17. The van der Waals surface area contributed by atoms with Gasteiger partial charge in [0.25, 0.3) is 0 Å². The molecule has 0 bridgehead atoms. The van der Waals surface area contributed by atoms with E-state index in [4.69, 9.17) is 4.74 Å². The lowest BCUT2D eigenvalue weighted by Crippen LogP contribution is -2.30. The first-order valence-corrected chi connectivity index (χ1v) is 6.40. The molecule has 1 aromatic heterocycles. The highest BCUT2D eigenvalue weighted by Crippen LogP contribution is 2.12. The molecule has 0 aliphatic carbocycles. The van der Waals surface area contributed by atoms with Crippen LogP contribution in [0.15, 0.2) is 22.6 Å². The summed E-state index contributed by atoms with van der Waals surface area (Å²) in [7, 11) is 0. The molecule has 0 radical (unpaired) electrons. The average molecular weight is 254 g/mol. The molecular weight excluding hydrogens is 236 g/mol. The third-order valence-electron chi connectivity index (χ3n) is 1.82. The zero-order valence-corrected chi connectivity index (χ0v) is 11.4. The van der Waals surface area contributed by atoms with Crippen molar-refractivity contribution in [1.82, 2.24) is 5.43 Å². The normalized spacial score (nSPS) is 12.4. The van der Waals surface area contributed by atoms with Crippen molar-refractivity contribution in [1.29, 1.82) is 0 Å². The highest BCUT2D eigenvalue weighted by molar-refractivity contribution is 7.12. The molecule has 0 aromatic carbocycles. The number of carbonyl (C=O) groups is 1. The van der Waals surface area contributed by atoms with Crippen molar-refractivity contribution in [3.8, 4) is 0 Å². The Morgan fingerprint density at radius 3 is 2.71 bits per heavy atom. The van der Waals surface area contributed by atoms with Crippen LogP contribution in [0.4, 0.5) is 4.79 Å². The summed E-state index contributed by atoms with van der Waals surface area (Å²) < 4.78 is 5.10. The summed E-state index contributed by atoms with van der Waals surface area (Å²) >= 11 is 1.60. The fourth-order valence-corrected chi connectivity index (χ4v) is 1.95. The Bertz CT molecular complexity index is 391. The van der Waals surface area contributed by atoms with Crippen LogP contribution in [0, 0.1) is 0 Å². The van der Waals surface area contributed by atoms with E-state index in [0.717, 1.165) is 17.0 Å². The van der Waals surface area contributed by atoms with E-state index in [2.05, 4.69) is 10.5 Å². The third kappa shape index (κ3) is 4.99. The number of carbonyl (C=O) groups excluding carboxylic acids is 1. The number of thiophene rings is 1. The number of hydrogen-bond donors (Lipinski definition) is 1. The van der Waals surface area contributed by atoms with Crippen molar-refractivity contribution in [3.05, 3.63) is 22.4 Å². The van der Waals surface area contributed by atoms with Crippen LogP contribution in [0.2, 0.25) is 0 Å². The zero-order valence-electron chi connectivity index (χ0n) is 10.6. The van der Waals surface area contributed by atoms with Crippen molar-refractivity contribution in [3.63, 3.8) is 0 Å². The molecule has 0 atom stereocenters. The summed E-state index contributed by atoms with van der Waals surface area (Å²) in [5.74, 6) is 0. The first kappa shape index (κ1) is 13.7. The fraction of sp³-hybridized carbons (Fsp3) is 0.500. The van der Waals surface area contributed by atoms with E-state index in [1.165, 1.54) is 0 Å². The first-order valence-electron chi connectivity index (χ1n) is 5.52. The molecule has 0 saturated heterocycles. The molecule has 0 aliphatic heterocycles. The number of rotatable bonds is 3. The van der Waals surface area contributed by atoms with Crippen molar-refractivity contribution in [2.45, 2.75) is 39.7 Å². The SMILES string of the molecule is CC/C(=N/NC(=O)OC(C)(C)C)c1cccs1. The molecular formula is C12H18N2O2S. The molecule has 4 nitrogen and oxygen atoms in total. The molecule has 1 heterocycles. The molecule has 0 aliphatic rings. The molecule has 17 heavy (non-hydrogen) atoms. The van der Waals surface area contributed by atoms with E-state index in [1.54, 1.807) is 11.3 Å². The van der Waals surface area contributed by atoms with E-state index in [9.17, 15) is 4.79 Å². The van der Waals surface area contributed by atoms with Gasteiger partial charge in [0.2, 0.25) is 0 Å². The molecule has 94 valence electrons. The number of amides is 1. The molecule has 0 fully saturated rings. The summed E-state index contributed by atoms with van der Waals surface area (Å²) in [6.45, 7) is 7.44.